The molecule has 0 aromatic carbocycles. The maximum absolute atomic E-state index is 12.4. The van der Waals surface area contributed by atoms with Crippen molar-refractivity contribution in [1.82, 2.24) is 5.32 Å². The highest BCUT2D eigenvalue weighted by atomic mass is 32.1. The predicted molar refractivity (Wildman–Crippen MR) is 81.3 cm³/mol. The maximum atomic E-state index is 12.4. The highest BCUT2D eigenvalue weighted by Gasteiger charge is 2.26. The Morgan fingerprint density at radius 3 is 2.80 bits per heavy atom. The molecule has 1 aromatic rings. The molecule has 0 radical (unpaired) electrons. The number of fused-ring (bicyclic) bond motifs is 1. The second kappa shape index (κ2) is 6.27. The molecule has 2 N–H and O–H groups in total. The smallest absolute Gasteiger partial charge is 0.261 e. The molecule has 4 heteroatoms. The van der Waals surface area contributed by atoms with E-state index < -0.39 is 0 Å². The molecule has 3 rings (SSSR count). The summed E-state index contributed by atoms with van der Waals surface area (Å²) in [6.45, 7) is 0. The van der Waals surface area contributed by atoms with Crippen LogP contribution in [0.5, 0.6) is 0 Å². The van der Waals surface area contributed by atoms with Gasteiger partial charge in [-0.05, 0) is 50.2 Å². The number of carbonyl (C=O) groups excluding carboxylic acids is 1. The molecule has 2 unspecified atom stereocenters. The minimum absolute atomic E-state index is 0.00836. The molecular weight excluding hydrogens is 270 g/mol. The van der Waals surface area contributed by atoms with Gasteiger partial charge < -0.3 is 10.4 Å². The second-order valence-corrected chi connectivity index (χ2v) is 7.19. The Hall–Kier alpha value is -0.870. The summed E-state index contributed by atoms with van der Waals surface area (Å²) in [4.78, 5) is 14.6. The van der Waals surface area contributed by atoms with Crippen molar-refractivity contribution < 1.29 is 9.90 Å². The maximum Gasteiger partial charge on any atom is 0.261 e. The van der Waals surface area contributed by atoms with Crippen molar-refractivity contribution in [3.8, 4) is 0 Å². The first-order valence-electron chi connectivity index (χ1n) is 7.84. The second-order valence-electron chi connectivity index (χ2n) is 6.05. The predicted octanol–water partition coefficient (Wildman–Crippen LogP) is 3.05. The zero-order chi connectivity index (χ0) is 13.9. The molecule has 0 spiro atoms. The van der Waals surface area contributed by atoms with Crippen molar-refractivity contribution in [3.63, 3.8) is 0 Å². The summed E-state index contributed by atoms with van der Waals surface area (Å²) < 4.78 is 0. The molecule has 2 atom stereocenters. The van der Waals surface area contributed by atoms with Gasteiger partial charge in [-0.2, -0.15) is 0 Å². The molecule has 20 heavy (non-hydrogen) atoms. The molecule has 1 fully saturated rings. The first-order chi connectivity index (χ1) is 9.74. The van der Waals surface area contributed by atoms with Gasteiger partial charge in [0.25, 0.3) is 5.91 Å². The summed E-state index contributed by atoms with van der Waals surface area (Å²) in [5.74, 6) is 0.00836. The van der Waals surface area contributed by atoms with E-state index in [4.69, 9.17) is 0 Å². The zero-order valence-corrected chi connectivity index (χ0v) is 12.7. The van der Waals surface area contributed by atoms with Gasteiger partial charge in [0, 0.05) is 4.88 Å². The van der Waals surface area contributed by atoms with Crippen molar-refractivity contribution in [2.24, 2.45) is 0 Å². The molecule has 0 aliphatic heterocycles. The molecule has 2 aliphatic carbocycles. The van der Waals surface area contributed by atoms with Crippen molar-refractivity contribution in [1.29, 1.82) is 0 Å². The number of aryl methyl sites for hydroxylation is 2. The van der Waals surface area contributed by atoms with Gasteiger partial charge in [-0.1, -0.05) is 19.3 Å². The standard InChI is InChI=1S/C16H23NO2S/c18-13-8-5-4-7-12(13)17-16(19)15-10-11-6-2-1-3-9-14(11)20-15/h10,12-13,18H,1-9H2,(H,17,19). The lowest BCUT2D eigenvalue weighted by molar-refractivity contribution is 0.0720. The van der Waals surface area contributed by atoms with E-state index in [0.717, 1.165) is 43.4 Å². The van der Waals surface area contributed by atoms with Gasteiger partial charge in [0.2, 0.25) is 0 Å². The van der Waals surface area contributed by atoms with Crippen molar-refractivity contribution in [3.05, 3.63) is 21.4 Å². The molecule has 110 valence electrons. The number of aliphatic hydroxyl groups excluding tert-OH is 1. The molecule has 1 heterocycles. The monoisotopic (exact) mass is 293 g/mol. The molecule has 3 nitrogen and oxygen atoms in total. The van der Waals surface area contributed by atoms with E-state index in [1.54, 1.807) is 11.3 Å². The fourth-order valence-corrected chi connectivity index (χ4v) is 4.46. The van der Waals surface area contributed by atoms with Gasteiger partial charge in [0.05, 0.1) is 17.0 Å². The number of aliphatic hydroxyl groups is 1. The first kappa shape index (κ1) is 14.1. The molecule has 1 amide bonds. The highest BCUT2D eigenvalue weighted by molar-refractivity contribution is 7.14. The average Bonchev–Trinajstić information content (AvgIpc) is 2.73. The van der Waals surface area contributed by atoms with Crippen LogP contribution >= 0.6 is 11.3 Å². The SMILES string of the molecule is O=C(NC1CCCCC1O)c1cc2c(s1)CCCCC2. The number of amides is 1. The number of thiophene rings is 1. The van der Waals surface area contributed by atoms with Crippen LogP contribution in [0.3, 0.4) is 0 Å². The van der Waals surface area contributed by atoms with E-state index in [9.17, 15) is 9.90 Å². The van der Waals surface area contributed by atoms with E-state index in [1.807, 2.05) is 0 Å². The van der Waals surface area contributed by atoms with Gasteiger partial charge in [-0.3, -0.25) is 4.79 Å². The summed E-state index contributed by atoms with van der Waals surface area (Å²) in [5, 5.41) is 13.0. The van der Waals surface area contributed by atoms with Crippen LogP contribution in [-0.4, -0.2) is 23.2 Å². The molecule has 1 saturated carbocycles. The van der Waals surface area contributed by atoms with Crippen molar-refractivity contribution >= 4 is 17.2 Å². The lowest BCUT2D eigenvalue weighted by Gasteiger charge is -2.28. The number of carbonyl (C=O) groups is 1. The third-order valence-corrected chi connectivity index (χ3v) is 5.75. The number of hydrogen-bond donors (Lipinski definition) is 2. The Morgan fingerprint density at radius 2 is 1.95 bits per heavy atom. The van der Waals surface area contributed by atoms with Gasteiger partial charge in [-0.25, -0.2) is 0 Å². The van der Waals surface area contributed by atoms with Crippen molar-refractivity contribution in [2.45, 2.75) is 69.9 Å². The van der Waals surface area contributed by atoms with E-state index in [-0.39, 0.29) is 18.1 Å². The number of hydrogen-bond acceptors (Lipinski definition) is 3. The lowest BCUT2D eigenvalue weighted by atomic mass is 9.92. The third-order valence-electron chi connectivity index (χ3n) is 4.52. The Morgan fingerprint density at radius 1 is 1.15 bits per heavy atom. The van der Waals surface area contributed by atoms with Crippen LogP contribution in [-0.2, 0) is 12.8 Å². The number of rotatable bonds is 2. The minimum Gasteiger partial charge on any atom is -0.391 e. The van der Waals surface area contributed by atoms with Crippen LogP contribution in [0.4, 0.5) is 0 Å². The van der Waals surface area contributed by atoms with Crippen LogP contribution in [0.25, 0.3) is 0 Å². The molecule has 0 saturated heterocycles. The fraction of sp³-hybridized carbons (Fsp3) is 0.688. The Bertz CT molecular complexity index is 459. The topological polar surface area (TPSA) is 49.3 Å². The van der Waals surface area contributed by atoms with E-state index in [2.05, 4.69) is 11.4 Å². The average molecular weight is 293 g/mol. The molecule has 2 aliphatic rings. The van der Waals surface area contributed by atoms with Crippen LogP contribution in [0.15, 0.2) is 6.07 Å². The van der Waals surface area contributed by atoms with Crippen LogP contribution < -0.4 is 5.32 Å². The van der Waals surface area contributed by atoms with Gasteiger partial charge in [0.15, 0.2) is 0 Å². The van der Waals surface area contributed by atoms with Crippen LogP contribution in [0, 0.1) is 0 Å². The van der Waals surface area contributed by atoms with Crippen LogP contribution in [0.1, 0.15) is 65.1 Å². The Labute approximate surface area is 124 Å². The quantitative estimate of drug-likeness (QED) is 0.823. The first-order valence-corrected chi connectivity index (χ1v) is 8.66. The zero-order valence-electron chi connectivity index (χ0n) is 11.9. The minimum atomic E-state index is -0.370. The van der Waals surface area contributed by atoms with Crippen molar-refractivity contribution in [2.75, 3.05) is 0 Å². The third kappa shape index (κ3) is 3.07. The normalized spacial score (nSPS) is 26.6. The van der Waals surface area contributed by atoms with Crippen LogP contribution in [0.2, 0.25) is 0 Å². The van der Waals surface area contributed by atoms with Gasteiger partial charge in [-0.15, -0.1) is 11.3 Å². The molecular formula is C16H23NO2S. The number of nitrogens with one attached hydrogen (secondary N) is 1. The van der Waals surface area contributed by atoms with Gasteiger partial charge in [0.1, 0.15) is 0 Å². The summed E-state index contributed by atoms with van der Waals surface area (Å²) >= 11 is 1.65. The summed E-state index contributed by atoms with van der Waals surface area (Å²) in [5.41, 5.74) is 1.38. The van der Waals surface area contributed by atoms with E-state index in [0.29, 0.717) is 0 Å². The fourth-order valence-electron chi connectivity index (χ4n) is 3.30. The summed E-state index contributed by atoms with van der Waals surface area (Å²) in [6, 6.07) is 2.02. The van der Waals surface area contributed by atoms with E-state index in [1.165, 1.54) is 29.7 Å². The largest absolute Gasteiger partial charge is 0.391 e. The Kier molecular flexibility index (Phi) is 4.41. The summed E-state index contributed by atoms with van der Waals surface area (Å²) in [7, 11) is 0. The molecule has 1 aromatic heterocycles. The van der Waals surface area contributed by atoms with E-state index >= 15 is 0 Å². The summed E-state index contributed by atoms with van der Waals surface area (Å²) in [6.07, 6.45) is 9.54. The Balaban J connectivity index is 1.68. The highest BCUT2D eigenvalue weighted by Crippen LogP contribution is 2.29. The molecule has 0 bridgehead atoms. The van der Waals surface area contributed by atoms with Gasteiger partial charge >= 0.3 is 0 Å². The lowest BCUT2D eigenvalue weighted by Crippen LogP contribution is -2.44.